The molecular formula is C29H44O4. The number of esters is 2. The Hall–Kier alpha value is -1.84. The monoisotopic (exact) mass is 456 g/mol. The van der Waals surface area contributed by atoms with Gasteiger partial charge in [-0.05, 0) is 54.9 Å². The number of aryl methyl sites for hydroxylation is 1. The normalized spacial score (nSPS) is 23.6. The molecule has 2 aliphatic rings. The Kier molecular flexibility index (Phi) is 7.96. The van der Waals surface area contributed by atoms with Crippen LogP contribution in [0.15, 0.2) is 6.07 Å². The lowest BCUT2D eigenvalue weighted by molar-refractivity contribution is -0.137. The predicted molar refractivity (Wildman–Crippen MR) is 133 cm³/mol. The number of rotatable bonds is 8. The molecule has 0 unspecified atom stereocenters. The summed E-state index contributed by atoms with van der Waals surface area (Å²) < 4.78 is 12.1. The minimum atomic E-state index is -0.287. The van der Waals surface area contributed by atoms with E-state index in [4.69, 9.17) is 9.47 Å². The van der Waals surface area contributed by atoms with Gasteiger partial charge < -0.3 is 9.47 Å². The van der Waals surface area contributed by atoms with Crippen molar-refractivity contribution in [1.29, 1.82) is 0 Å². The SMILES string of the molecule is CCCC[C@]12CCCC(C)(C)[C@@H]1CCc1cc(C(C)C)c(OC(=O)CC)c(OC(=O)CC)c12. The van der Waals surface area contributed by atoms with Crippen molar-refractivity contribution < 1.29 is 19.1 Å². The zero-order valence-corrected chi connectivity index (χ0v) is 21.9. The van der Waals surface area contributed by atoms with E-state index in [1.54, 1.807) is 6.92 Å². The smallest absolute Gasteiger partial charge is 0.311 e. The first-order valence-electron chi connectivity index (χ1n) is 13.2. The fraction of sp³-hybridized carbons (Fsp3) is 0.724. The highest BCUT2D eigenvalue weighted by atomic mass is 16.6. The summed E-state index contributed by atoms with van der Waals surface area (Å²) in [5, 5.41) is 0. The summed E-state index contributed by atoms with van der Waals surface area (Å²) in [5.74, 6) is 1.15. The number of carbonyl (C=O) groups is 2. The lowest BCUT2D eigenvalue weighted by Crippen LogP contribution is -2.50. The average Bonchev–Trinajstić information content (AvgIpc) is 2.77. The van der Waals surface area contributed by atoms with Gasteiger partial charge in [0.2, 0.25) is 0 Å². The first kappa shape index (κ1) is 25.8. The average molecular weight is 457 g/mol. The summed E-state index contributed by atoms with van der Waals surface area (Å²) in [6.07, 6.45) is 9.59. The Bertz CT molecular complexity index is 882. The molecule has 0 aromatic heterocycles. The van der Waals surface area contributed by atoms with Crippen molar-refractivity contribution in [3.63, 3.8) is 0 Å². The molecule has 4 heteroatoms. The molecular weight excluding hydrogens is 412 g/mol. The van der Waals surface area contributed by atoms with Crippen LogP contribution in [0.1, 0.15) is 129 Å². The molecule has 2 aliphatic carbocycles. The highest BCUT2D eigenvalue weighted by Crippen LogP contribution is 2.62. The van der Waals surface area contributed by atoms with E-state index in [0.29, 0.717) is 23.8 Å². The van der Waals surface area contributed by atoms with E-state index in [1.807, 2.05) is 6.92 Å². The van der Waals surface area contributed by atoms with Crippen molar-refractivity contribution in [2.75, 3.05) is 0 Å². The van der Waals surface area contributed by atoms with Gasteiger partial charge >= 0.3 is 11.9 Å². The predicted octanol–water partition coefficient (Wildman–Crippen LogP) is 7.64. The topological polar surface area (TPSA) is 52.6 Å². The zero-order chi connectivity index (χ0) is 24.4. The molecule has 2 atom stereocenters. The molecule has 0 N–H and O–H groups in total. The molecule has 1 fully saturated rings. The lowest BCUT2D eigenvalue weighted by atomic mass is 9.48. The van der Waals surface area contributed by atoms with Crippen LogP contribution in [0.3, 0.4) is 0 Å². The molecule has 4 nitrogen and oxygen atoms in total. The van der Waals surface area contributed by atoms with E-state index < -0.39 is 0 Å². The van der Waals surface area contributed by atoms with E-state index in [-0.39, 0.29) is 35.1 Å². The largest absolute Gasteiger partial charge is 0.422 e. The summed E-state index contributed by atoms with van der Waals surface area (Å²) >= 11 is 0. The summed E-state index contributed by atoms with van der Waals surface area (Å²) in [6.45, 7) is 14.9. The second kappa shape index (κ2) is 10.2. The van der Waals surface area contributed by atoms with Gasteiger partial charge in [-0.2, -0.15) is 0 Å². The summed E-state index contributed by atoms with van der Waals surface area (Å²) in [6, 6.07) is 2.26. The minimum Gasteiger partial charge on any atom is -0.422 e. The third-order valence-corrected chi connectivity index (χ3v) is 8.21. The van der Waals surface area contributed by atoms with Crippen LogP contribution >= 0.6 is 0 Å². The van der Waals surface area contributed by atoms with Crippen molar-refractivity contribution in [3.05, 3.63) is 22.8 Å². The molecule has 0 aliphatic heterocycles. The maximum absolute atomic E-state index is 12.7. The number of unbranched alkanes of at least 4 members (excludes halogenated alkanes) is 1. The molecule has 0 bridgehead atoms. The van der Waals surface area contributed by atoms with Crippen molar-refractivity contribution in [3.8, 4) is 11.5 Å². The quantitative estimate of drug-likeness (QED) is 0.298. The van der Waals surface area contributed by atoms with Gasteiger partial charge in [0.1, 0.15) is 0 Å². The number of hydrogen-bond donors (Lipinski definition) is 0. The molecule has 184 valence electrons. The molecule has 1 aromatic carbocycles. The van der Waals surface area contributed by atoms with Crippen molar-refractivity contribution in [2.24, 2.45) is 11.3 Å². The van der Waals surface area contributed by atoms with Crippen LogP contribution in [0.2, 0.25) is 0 Å². The standard InChI is InChI=1S/C29H44O4/c1-8-11-16-29-17-12-15-28(6,7)22(29)14-13-20-18-21(19(4)5)26(32-23(30)9-2)27(25(20)29)33-24(31)10-3/h18-19,22H,8-17H2,1-7H3/t22-,29-/m0/s1. The van der Waals surface area contributed by atoms with Gasteiger partial charge in [-0.3, -0.25) is 9.59 Å². The van der Waals surface area contributed by atoms with Crippen molar-refractivity contribution in [2.45, 2.75) is 124 Å². The van der Waals surface area contributed by atoms with E-state index in [0.717, 1.165) is 44.1 Å². The van der Waals surface area contributed by atoms with Crippen LogP contribution in [0.5, 0.6) is 11.5 Å². The molecule has 1 saturated carbocycles. The maximum Gasteiger partial charge on any atom is 0.311 e. The molecule has 0 amide bonds. The molecule has 0 spiro atoms. The number of carbonyl (C=O) groups excluding carboxylic acids is 2. The van der Waals surface area contributed by atoms with Gasteiger partial charge in [-0.25, -0.2) is 0 Å². The fourth-order valence-corrected chi connectivity index (χ4v) is 6.60. The number of ether oxygens (including phenoxy) is 2. The second-order valence-electron chi connectivity index (χ2n) is 11.2. The first-order chi connectivity index (χ1) is 15.6. The van der Waals surface area contributed by atoms with E-state index in [9.17, 15) is 9.59 Å². The molecule has 1 aromatic rings. The molecule has 0 saturated heterocycles. The molecule has 0 heterocycles. The van der Waals surface area contributed by atoms with Gasteiger partial charge in [0.05, 0.1) is 0 Å². The van der Waals surface area contributed by atoms with Crippen LogP contribution in [0.25, 0.3) is 0 Å². The summed E-state index contributed by atoms with van der Waals surface area (Å²) in [5.41, 5.74) is 3.61. The Labute approximate surface area is 200 Å². The Morgan fingerprint density at radius 2 is 1.67 bits per heavy atom. The third-order valence-electron chi connectivity index (χ3n) is 8.21. The summed E-state index contributed by atoms with van der Waals surface area (Å²) in [4.78, 5) is 25.2. The van der Waals surface area contributed by atoms with Gasteiger partial charge in [0.25, 0.3) is 0 Å². The van der Waals surface area contributed by atoms with Crippen molar-refractivity contribution in [1.82, 2.24) is 0 Å². The van der Waals surface area contributed by atoms with Crippen LogP contribution in [-0.2, 0) is 21.4 Å². The fourth-order valence-electron chi connectivity index (χ4n) is 6.60. The van der Waals surface area contributed by atoms with Crippen LogP contribution in [-0.4, -0.2) is 11.9 Å². The first-order valence-corrected chi connectivity index (χ1v) is 13.2. The van der Waals surface area contributed by atoms with E-state index in [2.05, 4.69) is 40.7 Å². The highest BCUT2D eigenvalue weighted by Gasteiger charge is 2.54. The van der Waals surface area contributed by atoms with Crippen LogP contribution < -0.4 is 9.47 Å². The molecule has 0 radical (unpaired) electrons. The Morgan fingerprint density at radius 3 is 2.24 bits per heavy atom. The highest BCUT2D eigenvalue weighted by molar-refractivity contribution is 5.78. The maximum atomic E-state index is 12.7. The lowest BCUT2D eigenvalue weighted by Gasteiger charge is -2.56. The Balaban J connectivity index is 2.35. The summed E-state index contributed by atoms with van der Waals surface area (Å²) in [7, 11) is 0. The van der Waals surface area contributed by atoms with E-state index in [1.165, 1.54) is 24.0 Å². The Morgan fingerprint density at radius 1 is 1.03 bits per heavy atom. The van der Waals surface area contributed by atoms with E-state index >= 15 is 0 Å². The number of benzene rings is 1. The second-order valence-corrected chi connectivity index (χ2v) is 11.2. The van der Waals surface area contributed by atoms with Gasteiger partial charge in [0.15, 0.2) is 11.5 Å². The van der Waals surface area contributed by atoms with Crippen LogP contribution in [0, 0.1) is 11.3 Å². The minimum absolute atomic E-state index is 0.0441. The van der Waals surface area contributed by atoms with Gasteiger partial charge in [-0.15, -0.1) is 0 Å². The molecule has 33 heavy (non-hydrogen) atoms. The zero-order valence-electron chi connectivity index (χ0n) is 21.9. The van der Waals surface area contributed by atoms with Crippen molar-refractivity contribution >= 4 is 11.9 Å². The van der Waals surface area contributed by atoms with Crippen LogP contribution in [0.4, 0.5) is 0 Å². The number of hydrogen-bond acceptors (Lipinski definition) is 4. The number of fused-ring (bicyclic) bond motifs is 3. The third kappa shape index (κ3) is 4.86. The molecule has 3 rings (SSSR count). The van der Waals surface area contributed by atoms with Gasteiger partial charge in [-0.1, -0.05) is 73.8 Å². The van der Waals surface area contributed by atoms with Gasteiger partial charge in [0, 0.05) is 29.4 Å².